The largest absolute Gasteiger partial charge is 0.468 e. The number of hydrogen-bond donors (Lipinski definition) is 1. The molecule has 1 aromatic heterocycles. The summed E-state index contributed by atoms with van der Waals surface area (Å²) >= 11 is 1.81. The van der Waals surface area contributed by atoms with Crippen LogP contribution in [0, 0.1) is 0 Å². The first kappa shape index (κ1) is 14.2. The van der Waals surface area contributed by atoms with E-state index >= 15 is 0 Å². The second-order valence-electron chi connectivity index (χ2n) is 4.69. The topological polar surface area (TPSA) is 39.2 Å². The van der Waals surface area contributed by atoms with Crippen LogP contribution < -0.4 is 5.73 Å². The van der Waals surface area contributed by atoms with Gasteiger partial charge < -0.3 is 10.2 Å². The van der Waals surface area contributed by atoms with Gasteiger partial charge in [0.15, 0.2) is 0 Å². The molecule has 1 heterocycles. The summed E-state index contributed by atoms with van der Waals surface area (Å²) in [4.78, 5) is 0. The standard InChI is InChI=1S/C16H21NOS/c1-2-4-13-6-8-14(9-7-13)16(17)12-19-11-15-5-3-10-18-15/h3,5-10,16H,2,4,11-12,17H2,1H3. The van der Waals surface area contributed by atoms with Crippen molar-refractivity contribution in [2.45, 2.75) is 31.6 Å². The number of rotatable bonds is 7. The van der Waals surface area contributed by atoms with Crippen LogP contribution in [0.15, 0.2) is 47.1 Å². The van der Waals surface area contributed by atoms with Crippen LogP contribution in [-0.2, 0) is 12.2 Å². The van der Waals surface area contributed by atoms with Gasteiger partial charge in [0.2, 0.25) is 0 Å². The van der Waals surface area contributed by atoms with Gasteiger partial charge in [-0.2, -0.15) is 11.8 Å². The molecule has 0 amide bonds. The Morgan fingerprint density at radius 3 is 2.63 bits per heavy atom. The van der Waals surface area contributed by atoms with Crippen molar-refractivity contribution in [3.8, 4) is 0 Å². The molecule has 0 fully saturated rings. The second kappa shape index (κ2) is 7.41. The van der Waals surface area contributed by atoms with Crippen LogP contribution >= 0.6 is 11.8 Å². The maximum atomic E-state index is 6.21. The van der Waals surface area contributed by atoms with Gasteiger partial charge in [-0.1, -0.05) is 37.6 Å². The maximum absolute atomic E-state index is 6.21. The van der Waals surface area contributed by atoms with Crippen molar-refractivity contribution in [3.63, 3.8) is 0 Å². The molecule has 0 aliphatic carbocycles. The Morgan fingerprint density at radius 1 is 1.21 bits per heavy atom. The molecule has 2 rings (SSSR count). The number of thioether (sulfide) groups is 1. The van der Waals surface area contributed by atoms with Gasteiger partial charge in [0, 0.05) is 11.8 Å². The number of aryl methyl sites for hydroxylation is 1. The van der Waals surface area contributed by atoms with E-state index in [-0.39, 0.29) is 6.04 Å². The predicted molar refractivity (Wildman–Crippen MR) is 82.2 cm³/mol. The average Bonchev–Trinajstić information content (AvgIpc) is 2.93. The molecule has 1 aromatic carbocycles. The molecule has 1 atom stereocenters. The van der Waals surface area contributed by atoms with E-state index in [1.54, 1.807) is 6.26 Å². The third-order valence-corrected chi connectivity index (χ3v) is 4.15. The van der Waals surface area contributed by atoms with Crippen LogP contribution in [-0.4, -0.2) is 5.75 Å². The minimum atomic E-state index is 0.0932. The molecule has 0 radical (unpaired) electrons. The molecule has 3 heteroatoms. The van der Waals surface area contributed by atoms with E-state index in [0.717, 1.165) is 23.7 Å². The quantitative estimate of drug-likeness (QED) is 0.824. The zero-order valence-corrected chi connectivity index (χ0v) is 12.2. The van der Waals surface area contributed by atoms with E-state index in [9.17, 15) is 0 Å². The van der Waals surface area contributed by atoms with Crippen LogP contribution in [0.3, 0.4) is 0 Å². The van der Waals surface area contributed by atoms with Gasteiger partial charge in [-0.05, 0) is 29.7 Å². The molecule has 2 N–H and O–H groups in total. The van der Waals surface area contributed by atoms with Crippen LogP contribution in [0.4, 0.5) is 0 Å². The molecule has 0 saturated carbocycles. The summed E-state index contributed by atoms with van der Waals surface area (Å²) in [5.41, 5.74) is 8.81. The molecule has 0 aliphatic rings. The highest BCUT2D eigenvalue weighted by Gasteiger charge is 2.06. The summed E-state index contributed by atoms with van der Waals surface area (Å²) in [6, 6.07) is 12.7. The van der Waals surface area contributed by atoms with Crippen molar-refractivity contribution in [3.05, 3.63) is 59.5 Å². The van der Waals surface area contributed by atoms with Crippen LogP contribution in [0.2, 0.25) is 0 Å². The van der Waals surface area contributed by atoms with Gasteiger partial charge in [-0.3, -0.25) is 0 Å². The summed E-state index contributed by atoms with van der Waals surface area (Å²) in [6.07, 6.45) is 4.04. The van der Waals surface area contributed by atoms with Crippen molar-refractivity contribution in [1.82, 2.24) is 0 Å². The van der Waals surface area contributed by atoms with Gasteiger partial charge in [0.1, 0.15) is 5.76 Å². The summed E-state index contributed by atoms with van der Waals surface area (Å²) in [7, 11) is 0. The highest BCUT2D eigenvalue weighted by molar-refractivity contribution is 7.98. The lowest BCUT2D eigenvalue weighted by Crippen LogP contribution is -2.13. The van der Waals surface area contributed by atoms with Gasteiger partial charge in [0.05, 0.1) is 12.0 Å². The molecule has 1 unspecified atom stereocenters. The molecule has 2 nitrogen and oxygen atoms in total. The Hall–Kier alpha value is -1.19. The first-order valence-electron chi connectivity index (χ1n) is 6.74. The molecular weight excluding hydrogens is 254 g/mol. The monoisotopic (exact) mass is 275 g/mol. The van der Waals surface area contributed by atoms with E-state index in [1.165, 1.54) is 17.5 Å². The summed E-state index contributed by atoms with van der Waals surface area (Å²) < 4.78 is 5.30. The molecule has 19 heavy (non-hydrogen) atoms. The third kappa shape index (κ3) is 4.44. The van der Waals surface area contributed by atoms with Crippen molar-refractivity contribution in [1.29, 1.82) is 0 Å². The SMILES string of the molecule is CCCc1ccc(C(N)CSCc2ccco2)cc1. The highest BCUT2D eigenvalue weighted by Crippen LogP contribution is 2.20. The fourth-order valence-corrected chi connectivity index (χ4v) is 2.93. The lowest BCUT2D eigenvalue weighted by Gasteiger charge is -2.12. The zero-order chi connectivity index (χ0) is 13.5. The minimum absolute atomic E-state index is 0.0932. The molecule has 0 aliphatic heterocycles. The average molecular weight is 275 g/mol. The van der Waals surface area contributed by atoms with E-state index in [4.69, 9.17) is 10.2 Å². The minimum Gasteiger partial charge on any atom is -0.468 e. The van der Waals surface area contributed by atoms with Gasteiger partial charge in [0.25, 0.3) is 0 Å². The van der Waals surface area contributed by atoms with Crippen molar-refractivity contribution in [2.24, 2.45) is 5.73 Å². The number of nitrogens with two attached hydrogens (primary N) is 1. The fraction of sp³-hybridized carbons (Fsp3) is 0.375. The van der Waals surface area contributed by atoms with Gasteiger partial charge in [-0.25, -0.2) is 0 Å². The normalized spacial score (nSPS) is 12.5. The Kier molecular flexibility index (Phi) is 5.55. The molecule has 2 aromatic rings. The molecule has 0 saturated heterocycles. The Labute approximate surface area is 119 Å². The second-order valence-corrected chi connectivity index (χ2v) is 5.72. The van der Waals surface area contributed by atoms with Crippen LogP contribution in [0.1, 0.15) is 36.3 Å². The van der Waals surface area contributed by atoms with Crippen LogP contribution in [0.5, 0.6) is 0 Å². The summed E-state index contributed by atoms with van der Waals surface area (Å²) in [5.74, 6) is 2.80. The van der Waals surface area contributed by atoms with E-state index < -0.39 is 0 Å². The zero-order valence-electron chi connectivity index (χ0n) is 11.3. The lowest BCUT2D eigenvalue weighted by atomic mass is 10.0. The number of hydrogen-bond acceptors (Lipinski definition) is 3. The maximum Gasteiger partial charge on any atom is 0.113 e. The highest BCUT2D eigenvalue weighted by atomic mass is 32.2. The first-order valence-corrected chi connectivity index (χ1v) is 7.89. The Bertz CT molecular complexity index is 464. The van der Waals surface area contributed by atoms with Gasteiger partial charge >= 0.3 is 0 Å². The predicted octanol–water partition coefficient (Wildman–Crippen LogP) is 4.17. The van der Waals surface area contributed by atoms with Crippen molar-refractivity contribution >= 4 is 11.8 Å². The van der Waals surface area contributed by atoms with E-state index in [2.05, 4.69) is 31.2 Å². The summed E-state index contributed by atoms with van der Waals surface area (Å²) in [5, 5.41) is 0. The third-order valence-electron chi connectivity index (χ3n) is 3.07. The number of benzene rings is 1. The summed E-state index contributed by atoms with van der Waals surface area (Å²) in [6.45, 7) is 2.20. The van der Waals surface area contributed by atoms with Crippen molar-refractivity contribution in [2.75, 3.05) is 5.75 Å². The van der Waals surface area contributed by atoms with Gasteiger partial charge in [-0.15, -0.1) is 0 Å². The smallest absolute Gasteiger partial charge is 0.113 e. The molecule has 0 spiro atoms. The molecular formula is C16H21NOS. The Morgan fingerprint density at radius 2 is 2.00 bits per heavy atom. The number of furan rings is 1. The van der Waals surface area contributed by atoms with Crippen LogP contribution in [0.25, 0.3) is 0 Å². The first-order chi connectivity index (χ1) is 9.29. The fourth-order valence-electron chi connectivity index (χ4n) is 2.00. The lowest BCUT2D eigenvalue weighted by molar-refractivity contribution is 0.530. The molecule has 102 valence electrons. The van der Waals surface area contributed by atoms with Crippen molar-refractivity contribution < 1.29 is 4.42 Å². The molecule has 0 bridgehead atoms. The van der Waals surface area contributed by atoms with E-state index in [0.29, 0.717) is 0 Å². The van der Waals surface area contributed by atoms with E-state index in [1.807, 2.05) is 23.9 Å². The Balaban J connectivity index is 1.80.